The van der Waals surface area contributed by atoms with Gasteiger partial charge in [0.05, 0.1) is 7.11 Å². The number of ether oxygens (including phenoxy) is 3. The van der Waals surface area contributed by atoms with Crippen LogP contribution in [0.1, 0.15) is 33.9 Å². The van der Waals surface area contributed by atoms with Gasteiger partial charge in [0.2, 0.25) is 18.4 Å². The number of fused-ring (bicyclic) bond motifs is 2. The van der Waals surface area contributed by atoms with Crippen LogP contribution < -0.4 is 19.8 Å². The Hall–Kier alpha value is -2.85. The van der Waals surface area contributed by atoms with Gasteiger partial charge in [0.1, 0.15) is 5.56 Å². The van der Waals surface area contributed by atoms with Crippen molar-refractivity contribution in [3.05, 3.63) is 37.9 Å². The van der Waals surface area contributed by atoms with Crippen LogP contribution in [0.3, 0.4) is 0 Å². The third-order valence-electron chi connectivity index (χ3n) is 5.84. The van der Waals surface area contributed by atoms with Crippen molar-refractivity contribution in [1.82, 2.24) is 14.0 Å². The Labute approximate surface area is 178 Å². The molecular formula is C20H23N3O6S. The van der Waals surface area contributed by atoms with E-state index in [0.29, 0.717) is 17.2 Å². The lowest BCUT2D eigenvalue weighted by Crippen LogP contribution is -2.35. The van der Waals surface area contributed by atoms with Crippen LogP contribution in [-0.2, 0) is 20.5 Å². The Morgan fingerprint density at radius 2 is 2.03 bits per heavy atom. The molecule has 2 aliphatic heterocycles. The van der Waals surface area contributed by atoms with Gasteiger partial charge >= 0.3 is 0 Å². The van der Waals surface area contributed by atoms with E-state index in [9.17, 15) is 14.7 Å². The maximum absolute atomic E-state index is 13.2. The number of hydrogen-bond donors (Lipinski definition) is 1. The third-order valence-corrected chi connectivity index (χ3v) is 6.39. The van der Waals surface area contributed by atoms with Crippen molar-refractivity contribution < 1.29 is 24.1 Å². The van der Waals surface area contributed by atoms with Crippen molar-refractivity contribution in [2.75, 3.05) is 27.5 Å². The van der Waals surface area contributed by atoms with Crippen LogP contribution in [0.4, 0.5) is 0 Å². The van der Waals surface area contributed by atoms with Crippen LogP contribution >= 0.6 is 12.2 Å². The molecule has 1 N–H and O–H groups in total. The topological polar surface area (TPSA) is 95.2 Å². The number of nitrogens with zero attached hydrogens (tertiary/aromatic N) is 3. The Bertz CT molecular complexity index is 1170. The monoisotopic (exact) mass is 433 g/mol. The zero-order valence-corrected chi connectivity index (χ0v) is 18.0. The predicted octanol–water partition coefficient (Wildman–Crippen LogP) is 1.70. The van der Waals surface area contributed by atoms with Crippen molar-refractivity contribution in [2.45, 2.75) is 18.9 Å². The summed E-state index contributed by atoms with van der Waals surface area (Å²) in [6, 6.07) is 1.57. The number of methoxy groups -OCH3 is 1. The summed E-state index contributed by atoms with van der Waals surface area (Å²) < 4.78 is 19.3. The molecular weight excluding hydrogens is 410 g/mol. The summed E-state index contributed by atoms with van der Waals surface area (Å²) in [4.78, 5) is 27.9. The lowest BCUT2D eigenvalue weighted by molar-refractivity contribution is 0.0919. The van der Waals surface area contributed by atoms with Crippen molar-refractivity contribution >= 4 is 18.0 Å². The van der Waals surface area contributed by atoms with Gasteiger partial charge in [-0.1, -0.05) is 0 Å². The molecule has 0 fully saturated rings. The first-order chi connectivity index (χ1) is 14.3. The molecule has 0 unspecified atom stereocenters. The molecule has 0 saturated heterocycles. The van der Waals surface area contributed by atoms with E-state index < -0.39 is 17.2 Å². The van der Waals surface area contributed by atoms with Gasteiger partial charge in [-0.2, -0.15) is 0 Å². The molecule has 2 aromatic rings. The SMILES string of the molecule is COc1c2c(cc3c1[C@@H](CC(=O)c1c(O)n(C)c(=S)n(C)c1=O)N(C)CC3)OCO2. The van der Waals surface area contributed by atoms with Gasteiger partial charge in [0, 0.05) is 38.7 Å². The zero-order valence-electron chi connectivity index (χ0n) is 17.2. The van der Waals surface area contributed by atoms with Crippen LogP contribution in [0.5, 0.6) is 23.1 Å². The molecule has 30 heavy (non-hydrogen) atoms. The number of aromatic nitrogens is 2. The second-order valence-corrected chi connectivity index (χ2v) is 7.86. The first-order valence-corrected chi connectivity index (χ1v) is 9.88. The summed E-state index contributed by atoms with van der Waals surface area (Å²) in [5.74, 6) is 0.782. The predicted molar refractivity (Wildman–Crippen MR) is 110 cm³/mol. The third kappa shape index (κ3) is 2.98. The summed E-state index contributed by atoms with van der Waals surface area (Å²) in [7, 11) is 6.45. The fourth-order valence-electron chi connectivity index (χ4n) is 4.14. The average Bonchev–Trinajstić information content (AvgIpc) is 3.19. The number of hydrogen-bond acceptors (Lipinski definition) is 8. The first kappa shape index (κ1) is 20.4. The highest BCUT2D eigenvalue weighted by molar-refractivity contribution is 7.71. The Morgan fingerprint density at radius 1 is 1.30 bits per heavy atom. The maximum Gasteiger partial charge on any atom is 0.268 e. The molecule has 0 amide bonds. The van der Waals surface area contributed by atoms with Crippen molar-refractivity contribution in [3.63, 3.8) is 0 Å². The van der Waals surface area contributed by atoms with E-state index in [1.165, 1.54) is 23.2 Å². The van der Waals surface area contributed by atoms with E-state index in [2.05, 4.69) is 0 Å². The summed E-state index contributed by atoms with van der Waals surface area (Å²) in [6.45, 7) is 0.832. The van der Waals surface area contributed by atoms with Gasteiger partial charge in [-0.25, -0.2) is 0 Å². The van der Waals surface area contributed by atoms with Crippen molar-refractivity contribution in [2.24, 2.45) is 14.1 Å². The molecule has 0 spiro atoms. The zero-order chi connectivity index (χ0) is 21.7. The van der Waals surface area contributed by atoms with Crippen LogP contribution in [-0.4, -0.2) is 52.4 Å². The maximum atomic E-state index is 13.2. The number of likely N-dealkylation sites (N-methyl/N-ethyl adjacent to an activating group) is 1. The molecule has 4 rings (SSSR count). The lowest BCUT2D eigenvalue weighted by atomic mass is 9.87. The number of carbonyl (C=O) groups excluding carboxylic acids is 1. The van der Waals surface area contributed by atoms with Crippen LogP contribution in [0.15, 0.2) is 10.9 Å². The molecule has 10 heteroatoms. The molecule has 9 nitrogen and oxygen atoms in total. The van der Waals surface area contributed by atoms with Crippen LogP contribution in [0.25, 0.3) is 0 Å². The molecule has 1 aromatic carbocycles. The average molecular weight is 433 g/mol. The number of Topliss-reactive ketones (excluding diaryl/α,β-unsaturated/α-hetero) is 1. The molecule has 2 aliphatic rings. The summed E-state index contributed by atoms with van der Waals surface area (Å²) in [5.41, 5.74) is 0.964. The van der Waals surface area contributed by atoms with Gasteiger partial charge in [0.15, 0.2) is 22.1 Å². The number of carbonyl (C=O) groups is 1. The second kappa shape index (κ2) is 7.44. The number of rotatable bonds is 4. The molecule has 1 atom stereocenters. The van der Waals surface area contributed by atoms with Gasteiger partial charge in [-0.15, -0.1) is 0 Å². The smallest absolute Gasteiger partial charge is 0.268 e. The van der Waals surface area contributed by atoms with Crippen LogP contribution in [0.2, 0.25) is 0 Å². The Balaban J connectivity index is 1.80. The molecule has 3 heterocycles. The molecule has 0 radical (unpaired) electrons. The standard InChI is InChI=1S/C20H23N3O6S/c1-21-6-5-10-7-13-16(29-9-28-13)17(27-4)14(10)11(21)8-12(24)15-18(25)22(2)20(30)23(3)19(15)26/h7,11,25H,5-6,8-9H2,1-4H3/t11-/m1/s1. The van der Waals surface area contributed by atoms with E-state index in [0.717, 1.165) is 24.1 Å². The van der Waals surface area contributed by atoms with Gasteiger partial charge < -0.3 is 19.3 Å². The van der Waals surface area contributed by atoms with Crippen molar-refractivity contribution in [1.29, 1.82) is 0 Å². The summed E-state index contributed by atoms with van der Waals surface area (Å²) in [5, 5.41) is 10.5. The second-order valence-electron chi connectivity index (χ2n) is 7.49. The highest BCUT2D eigenvalue weighted by atomic mass is 32.1. The molecule has 0 aliphatic carbocycles. The molecule has 0 bridgehead atoms. The molecule has 0 saturated carbocycles. The van der Waals surface area contributed by atoms with Gasteiger partial charge in [-0.3, -0.25) is 23.6 Å². The summed E-state index contributed by atoms with van der Waals surface area (Å²) >= 11 is 5.13. The highest BCUT2D eigenvalue weighted by Gasteiger charge is 2.36. The quantitative estimate of drug-likeness (QED) is 0.575. The Morgan fingerprint density at radius 3 is 2.73 bits per heavy atom. The van der Waals surface area contributed by atoms with E-state index >= 15 is 0 Å². The molecule has 160 valence electrons. The lowest BCUT2D eigenvalue weighted by Gasteiger charge is -2.35. The van der Waals surface area contributed by atoms with E-state index in [-0.39, 0.29) is 29.6 Å². The summed E-state index contributed by atoms with van der Waals surface area (Å²) in [6.07, 6.45) is 0.745. The normalized spacial score (nSPS) is 17.7. The largest absolute Gasteiger partial charge is 0.494 e. The van der Waals surface area contributed by atoms with Crippen LogP contribution in [0, 0.1) is 4.77 Å². The van der Waals surface area contributed by atoms with Gasteiger partial charge in [-0.05, 0) is 37.3 Å². The minimum Gasteiger partial charge on any atom is -0.494 e. The highest BCUT2D eigenvalue weighted by Crippen LogP contribution is 2.50. The van der Waals surface area contributed by atoms with Gasteiger partial charge in [0.25, 0.3) is 5.56 Å². The minimum atomic E-state index is -0.614. The van der Waals surface area contributed by atoms with E-state index in [4.69, 9.17) is 26.4 Å². The van der Waals surface area contributed by atoms with E-state index in [1.807, 2.05) is 18.0 Å². The minimum absolute atomic E-state index is 0.0148. The Kier molecular flexibility index (Phi) is 5.07. The van der Waals surface area contributed by atoms with E-state index in [1.54, 1.807) is 7.11 Å². The molecule has 1 aromatic heterocycles. The number of benzene rings is 1. The number of aromatic hydroxyl groups is 1. The first-order valence-electron chi connectivity index (χ1n) is 9.48. The van der Waals surface area contributed by atoms with Crippen molar-refractivity contribution in [3.8, 4) is 23.1 Å². The number of ketones is 1. The fraction of sp³-hybridized carbons (Fsp3) is 0.450. The fourth-order valence-corrected chi connectivity index (χ4v) is 4.31.